The largest absolute Gasteiger partial charge is 0.508 e. The number of amides is 1. The Balaban J connectivity index is 1.56. The normalized spacial score (nSPS) is 15.0. The van der Waals surface area contributed by atoms with E-state index in [4.69, 9.17) is 11.6 Å². The average molecular weight is 343 g/mol. The quantitative estimate of drug-likeness (QED) is 0.889. The van der Waals surface area contributed by atoms with Gasteiger partial charge in [-0.2, -0.15) is 0 Å². The molecule has 2 aromatic carbocycles. The molecule has 5 heteroatoms. The van der Waals surface area contributed by atoms with Gasteiger partial charge in [0.2, 0.25) is 5.91 Å². The van der Waals surface area contributed by atoms with Crippen LogP contribution < -0.4 is 5.32 Å². The molecule has 0 saturated heterocycles. The summed E-state index contributed by atoms with van der Waals surface area (Å²) in [5.74, 6) is 0.206. The highest BCUT2D eigenvalue weighted by atomic mass is 35.5. The second-order valence-electron chi connectivity index (χ2n) is 5.79. The number of rotatable bonds is 4. The average Bonchev–Trinajstić information content (AvgIpc) is 2.58. The van der Waals surface area contributed by atoms with Crippen molar-refractivity contribution in [3.05, 3.63) is 65.2 Å². The van der Waals surface area contributed by atoms with Gasteiger partial charge in [-0.15, -0.1) is 0 Å². The third-order valence-electron chi connectivity index (χ3n) is 4.05. The number of para-hydroxylation sites is 1. The van der Waals surface area contributed by atoms with Crippen molar-refractivity contribution in [3.63, 3.8) is 0 Å². The Morgan fingerprint density at radius 1 is 1.17 bits per heavy atom. The second kappa shape index (κ2) is 7.51. The summed E-state index contributed by atoms with van der Waals surface area (Å²) in [7, 11) is 0. The van der Waals surface area contributed by atoms with E-state index in [0.717, 1.165) is 25.1 Å². The zero-order valence-corrected chi connectivity index (χ0v) is 14.0. The van der Waals surface area contributed by atoms with E-state index in [1.807, 2.05) is 24.3 Å². The maximum atomic E-state index is 12.2. The molecule has 1 heterocycles. The van der Waals surface area contributed by atoms with Crippen LogP contribution in [0.4, 0.5) is 5.69 Å². The molecule has 4 nitrogen and oxygen atoms in total. The van der Waals surface area contributed by atoms with Crippen LogP contribution in [0.2, 0.25) is 5.02 Å². The van der Waals surface area contributed by atoms with E-state index in [-0.39, 0.29) is 11.7 Å². The van der Waals surface area contributed by atoms with Gasteiger partial charge in [0.15, 0.2) is 0 Å². The van der Waals surface area contributed by atoms with E-state index in [2.05, 4.69) is 16.3 Å². The Morgan fingerprint density at radius 2 is 1.92 bits per heavy atom. The fourth-order valence-corrected chi connectivity index (χ4v) is 2.93. The molecule has 124 valence electrons. The number of hydrogen-bond acceptors (Lipinski definition) is 3. The van der Waals surface area contributed by atoms with E-state index in [0.29, 0.717) is 17.3 Å². The van der Waals surface area contributed by atoms with Gasteiger partial charge in [0, 0.05) is 13.1 Å². The first kappa shape index (κ1) is 16.6. The zero-order chi connectivity index (χ0) is 16.9. The van der Waals surface area contributed by atoms with Gasteiger partial charge >= 0.3 is 0 Å². The first-order valence-corrected chi connectivity index (χ1v) is 8.25. The highest BCUT2D eigenvalue weighted by molar-refractivity contribution is 6.33. The smallest absolute Gasteiger partial charge is 0.238 e. The Labute approximate surface area is 146 Å². The lowest BCUT2D eigenvalue weighted by Crippen LogP contribution is -2.36. The van der Waals surface area contributed by atoms with Crippen molar-refractivity contribution in [2.24, 2.45) is 0 Å². The summed E-state index contributed by atoms with van der Waals surface area (Å²) in [4.78, 5) is 14.3. The molecule has 24 heavy (non-hydrogen) atoms. The number of benzene rings is 2. The van der Waals surface area contributed by atoms with Crippen molar-refractivity contribution in [3.8, 4) is 5.75 Å². The molecule has 0 bridgehead atoms. The van der Waals surface area contributed by atoms with Crippen LogP contribution in [0.5, 0.6) is 5.75 Å². The number of halogens is 1. The van der Waals surface area contributed by atoms with Crippen LogP contribution in [0.15, 0.2) is 54.6 Å². The minimum absolute atomic E-state index is 0.0652. The molecule has 0 aromatic heterocycles. The van der Waals surface area contributed by atoms with Crippen LogP contribution in [0.3, 0.4) is 0 Å². The van der Waals surface area contributed by atoms with E-state index < -0.39 is 0 Å². The molecule has 2 N–H and O–H groups in total. The van der Waals surface area contributed by atoms with Crippen molar-refractivity contribution in [1.82, 2.24) is 4.90 Å². The minimum Gasteiger partial charge on any atom is -0.508 e. The fourth-order valence-electron chi connectivity index (χ4n) is 2.75. The number of carbonyl (C=O) groups is 1. The number of nitrogens with zero attached hydrogens (tertiary/aromatic N) is 1. The summed E-state index contributed by atoms with van der Waals surface area (Å²) in [5, 5.41) is 12.7. The number of phenolic OH excluding ortho intramolecular Hbond substituents is 1. The molecule has 3 rings (SSSR count). The SMILES string of the molecule is O=C(CN1CC=C(c2ccc(O)cc2)CC1)Nc1ccccc1Cl. The first-order chi connectivity index (χ1) is 11.6. The lowest BCUT2D eigenvalue weighted by molar-refractivity contribution is -0.117. The Hall–Kier alpha value is -2.30. The topological polar surface area (TPSA) is 52.6 Å². The molecule has 0 radical (unpaired) electrons. The molecule has 1 amide bonds. The summed E-state index contributed by atoms with van der Waals surface area (Å²) in [5.41, 5.74) is 3.01. The van der Waals surface area contributed by atoms with Crippen LogP contribution in [-0.4, -0.2) is 35.5 Å². The molecular weight excluding hydrogens is 324 g/mol. The predicted octanol–water partition coefficient (Wildman–Crippen LogP) is 3.77. The van der Waals surface area contributed by atoms with Gasteiger partial charge in [-0.3, -0.25) is 9.69 Å². The van der Waals surface area contributed by atoms with Gasteiger partial charge in [-0.05, 0) is 41.8 Å². The van der Waals surface area contributed by atoms with Crippen molar-refractivity contribution in [2.75, 3.05) is 25.0 Å². The van der Waals surface area contributed by atoms with Crippen molar-refractivity contribution < 1.29 is 9.90 Å². The van der Waals surface area contributed by atoms with Crippen LogP contribution in [-0.2, 0) is 4.79 Å². The summed E-state index contributed by atoms with van der Waals surface area (Å²) < 4.78 is 0. The molecule has 0 unspecified atom stereocenters. The number of nitrogens with one attached hydrogen (secondary N) is 1. The summed E-state index contributed by atoms with van der Waals surface area (Å²) in [6.07, 6.45) is 3.02. The highest BCUT2D eigenvalue weighted by Gasteiger charge is 2.16. The fraction of sp³-hybridized carbons (Fsp3) is 0.211. The second-order valence-corrected chi connectivity index (χ2v) is 6.20. The molecule has 1 aliphatic heterocycles. The molecule has 0 aliphatic carbocycles. The van der Waals surface area contributed by atoms with E-state index in [1.54, 1.807) is 24.3 Å². The zero-order valence-electron chi connectivity index (χ0n) is 13.2. The standard InChI is InChI=1S/C19H19ClN2O2/c20-17-3-1-2-4-18(17)21-19(24)13-22-11-9-15(10-12-22)14-5-7-16(23)8-6-14/h1-9,23H,10-13H2,(H,21,24). The van der Waals surface area contributed by atoms with E-state index >= 15 is 0 Å². The van der Waals surface area contributed by atoms with Crippen molar-refractivity contribution >= 4 is 28.8 Å². The molecular formula is C19H19ClN2O2. The summed E-state index contributed by atoms with van der Waals surface area (Å²) in [6.45, 7) is 1.89. The Morgan fingerprint density at radius 3 is 2.58 bits per heavy atom. The summed E-state index contributed by atoms with van der Waals surface area (Å²) >= 11 is 6.05. The number of aromatic hydroxyl groups is 1. The molecule has 1 aliphatic rings. The number of hydrogen-bond donors (Lipinski definition) is 2. The van der Waals surface area contributed by atoms with Crippen molar-refractivity contribution in [1.29, 1.82) is 0 Å². The lowest BCUT2D eigenvalue weighted by Gasteiger charge is -2.26. The van der Waals surface area contributed by atoms with Gasteiger partial charge in [0.05, 0.1) is 17.3 Å². The van der Waals surface area contributed by atoms with Gasteiger partial charge in [-0.1, -0.05) is 41.9 Å². The highest BCUT2D eigenvalue weighted by Crippen LogP contribution is 2.24. The van der Waals surface area contributed by atoms with E-state index in [1.165, 1.54) is 5.57 Å². The first-order valence-electron chi connectivity index (χ1n) is 7.87. The monoisotopic (exact) mass is 342 g/mol. The third-order valence-corrected chi connectivity index (χ3v) is 4.38. The predicted molar refractivity (Wildman–Crippen MR) is 97.2 cm³/mol. The van der Waals surface area contributed by atoms with Gasteiger partial charge < -0.3 is 10.4 Å². The number of phenols is 1. The molecule has 0 fully saturated rings. The van der Waals surface area contributed by atoms with Gasteiger partial charge in [0.25, 0.3) is 0 Å². The van der Waals surface area contributed by atoms with Crippen LogP contribution in [0.25, 0.3) is 5.57 Å². The lowest BCUT2D eigenvalue weighted by atomic mass is 9.99. The van der Waals surface area contributed by atoms with Gasteiger partial charge in [-0.25, -0.2) is 0 Å². The third kappa shape index (κ3) is 4.16. The minimum atomic E-state index is -0.0652. The van der Waals surface area contributed by atoms with Crippen LogP contribution >= 0.6 is 11.6 Å². The van der Waals surface area contributed by atoms with Crippen LogP contribution in [0, 0.1) is 0 Å². The van der Waals surface area contributed by atoms with Crippen molar-refractivity contribution in [2.45, 2.75) is 6.42 Å². The summed E-state index contributed by atoms with van der Waals surface area (Å²) in [6, 6.07) is 14.4. The van der Waals surface area contributed by atoms with E-state index in [9.17, 15) is 9.90 Å². The number of anilines is 1. The molecule has 0 saturated carbocycles. The molecule has 0 spiro atoms. The Bertz CT molecular complexity index is 756. The maximum absolute atomic E-state index is 12.2. The molecule has 0 atom stereocenters. The Kier molecular flexibility index (Phi) is 5.18. The number of carbonyl (C=O) groups excluding carboxylic acids is 1. The maximum Gasteiger partial charge on any atom is 0.238 e. The van der Waals surface area contributed by atoms with Gasteiger partial charge in [0.1, 0.15) is 5.75 Å². The molecule has 2 aromatic rings. The van der Waals surface area contributed by atoms with Crippen LogP contribution in [0.1, 0.15) is 12.0 Å².